The van der Waals surface area contributed by atoms with Gasteiger partial charge in [0, 0.05) is 12.2 Å². The Morgan fingerprint density at radius 3 is 2.11 bits per heavy atom. The molecule has 38 heavy (non-hydrogen) atoms. The fourth-order valence-electron chi connectivity index (χ4n) is 7.62. The number of carbonyl (C=O) groups is 1. The largest absolute Gasteiger partial charge is 0.322 e. The van der Waals surface area contributed by atoms with Crippen molar-refractivity contribution in [3.8, 4) is 0 Å². The van der Waals surface area contributed by atoms with Crippen LogP contribution in [0.15, 0.2) is 77.7 Å². The average molecular weight is 549 g/mol. The van der Waals surface area contributed by atoms with Crippen molar-refractivity contribution < 1.29 is 13.2 Å². The van der Waals surface area contributed by atoms with Crippen molar-refractivity contribution in [3.05, 3.63) is 88.9 Å². The lowest BCUT2D eigenvalue weighted by Crippen LogP contribution is -2.48. The average Bonchev–Trinajstić information content (AvgIpc) is 2.89. The summed E-state index contributed by atoms with van der Waals surface area (Å²) in [5.41, 5.74) is 3.05. The van der Waals surface area contributed by atoms with Crippen molar-refractivity contribution in [2.24, 2.45) is 17.8 Å². The number of benzene rings is 3. The number of hydrogen-bond acceptors (Lipinski definition) is 3. The summed E-state index contributed by atoms with van der Waals surface area (Å²) < 4.78 is 28.2. The summed E-state index contributed by atoms with van der Waals surface area (Å²) in [5.74, 6) is 2.18. The van der Waals surface area contributed by atoms with Gasteiger partial charge < -0.3 is 5.32 Å². The molecule has 3 aromatic carbocycles. The van der Waals surface area contributed by atoms with Gasteiger partial charge in [-0.25, -0.2) is 8.42 Å². The lowest BCUT2D eigenvalue weighted by atomic mass is 9.48. The molecule has 0 heterocycles. The topological polar surface area (TPSA) is 66.5 Å². The van der Waals surface area contributed by atoms with Crippen molar-refractivity contribution in [2.45, 2.75) is 55.8 Å². The molecule has 4 aliphatic carbocycles. The fourth-order valence-corrected chi connectivity index (χ4v) is 9.33. The number of halogens is 1. The van der Waals surface area contributed by atoms with Crippen LogP contribution in [0.3, 0.4) is 0 Å². The minimum Gasteiger partial charge on any atom is -0.322 e. The van der Waals surface area contributed by atoms with Crippen molar-refractivity contribution in [1.29, 1.82) is 0 Å². The predicted octanol–water partition coefficient (Wildman–Crippen LogP) is 7.28. The van der Waals surface area contributed by atoms with Crippen LogP contribution in [0.2, 0.25) is 5.02 Å². The summed E-state index contributed by atoms with van der Waals surface area (Å²) in [7, 11) is -3.88. The first-order valence-electron chi connectivity index (χ1n) is 13.6. The first-order valence-corrected chi connectivity index (χ1v) is 15.4. The van der Waals surface area contributed by atoms with Gasteiger partial charge in [0.15, 0.2) is 0 Å². The molecule has 4 aliphatic rings. The van der Waals surface area contributed by atoms with Gasteiger partial charge in [-0.05, 0) is 117 Å². The van der Waals surface area contributed by atoms with Gasteiger partial charge in [0.2, 0.25) is 0 Å². The minimum atomic E-state index is -3.88. The standard InChI is InChI=1S/C31H33ClN2O3S/c1-2-34(26-6-4-3-5-7-26)38(36,37)27-12-13-29(32)28(17-27)30(35)33-25-10-8-24(9-11-25)31-18-21-14-22(19-31)16-23(15-21)20-31/h3-13,17,21-23H,2,14-16,18-20H2,1H3,(H,33,35). The third-order valence-electron chi connectivity index (χ3n) is 8.90. The number of anilines is 2. The molecule has 0 aliphatic heterocycles. The molecule has 0 spiro atoms. The molecule has 0 atom stereocenters. The van der Waals surface area contributed by atoms with E-state index in [-0.39, 0.29) is 22.0 Å². The molecular formula is C31H33ClN2O3S. The van der Waals surface area contributed by atoms with E-state index in [1.165, 1.54) is 66.6 Å². The first kappa shape index (κ1) is 25.4. The molecule has 4 fully saturated rings. The Morgan fingerprint density at radius 2 is 1.53 bits per heavy atom. The molecule has 1 N–H and O–H groups in total. The fraction of sp³-hybridized carbons (Fsp3) is 0.387. The summed E-state index contributed by atoms with van der Waals surface area (Å²) >= 11 is 6.37. The van der Waals surface area contributed by atoms with Gasteiger partial charge in [-0.2, -0.15) is 0 Å². The minimum absolute atomic E-state index is 0.0231. The SMILES string of the molecule is CCN(c1ccccc1)S(=O)(=O)c1ccc(Cl)c(C(=O)Nc2ccc(C34CC5CC(CC(C5)C3)C4)cc2)c1. The van der Waals surface area contributed by atoms with E-state index < -0.39 is 15.9 Å². The molecule has 198 valence electrons. The highest BCUT2D eigenvalue weighted by atomic mass is 35.5. The quantitative estimate of drug-likeness (QED) is 0.337. The van der Waals surface area contributed by atoms with Crippen LogP contribution in [-0.2, 0) is 15.4 Å². The zero-order chi connectivity index (χ0) is 26.5. The van der Waals surface area contributed by atoms with E-state index in [1.807, 2.05) is 18.2 Å². The first-order chi connectivity index (χ1) is 18.3. The molecule has 4 saturated carbocycles. The number of nitrogens with zero attached hydrogens (tertiary/aromatic N) is 1. The van der Waals surface area contributed by atoms with E-state index in [0.717, 1.165) is 17.8 Å². The highest BCUT2D eigenvalue weighted by Gasteiger charge is 2.51. The van der Waals surface area contributed by atoms with Crippen LogP contribution < -0.4 is 9.62 Å². The van der Waals surface area contributed by atoms with Crippen LogP contribution in [0.4, 0.5) is 11.4 Å². The molecule has 3 aromatic rings. The van der Waals surface area contributed by atoms with Crippen LogP contribution in [0, 0.1) is 17.8 Å². The highest BCUT2D eigenvalue weighted by Crippen LogP contribution is 2.60. The number of para-hydroxylation sites is 1. The van der Waals surface area contributed by atoms with Crippen molar-refractivity contribution in [1.82, 2.24) is 0 Å². The zero-order valence-corrected chi connectivity index (χ0v) is 23.1. The highest BCUT2D eigenvalue weighted by molar-refractivity contribution is 7.92. The second-order valence-electron chi connectivity index (χ2n) is 11.4. The maximum absolute atomic E-state index is 13.5. The normalized spacial score (nSPS) is 25.8. The summed E-state index contributed by atoms with van der Waals surface area (Å²) in [6.07, 6.45) is 8.09. The molecule has 4 bridgehead atoms. The molecule has 0 unspecified atom stereocenters. The van der Waals surface area contributed by atoms with E-state index in [9.17, 15) is 13.2 Å². The summed E-state index contributed by atoms with van der Waals surface area (Å²) in [4.78, 5) is 13.2. The molecular weight excluding hydrogens is 516 g/mol. The number of carbonyl (C=O) groups excluding carboxylic acids is 1. The molecule has 0 aromatic heterocycles. The smallest absolute Gasteiger partial charge is 0.264 e. The van der Waals surface area contributed by atoms with Gasteiger partial charge in [0.1, 0.15) is 0 Å². The van der Waals surface area contributed by atoms with Gasteiger partial charge in [-0.3, -0.25) is 9.10 Å². The van der Waals surface area contributed by atoms with Crippen LogP contribution in [-0.4, -0.2) is 20.9 Å². The summed E-state index contributed by atoms with van der Waals surface area (Å²) in [6.45, 7) is 2.04. The van der Waals surface area contributed by atoms with Crippen molar-refractivity contribution >= 4 is 38.9 Å². The van der Waals surface area contributed by atoms with E-state index in [0.29, 0.717) is 16.8 Å². The monoisotopic (exact) mass is 548 g/mol. The van der Waals surface area contributed by atoms with E-state index >= 15 is 0 Å². The lowest BCUT2D eigenvalue weighted by Gasteiger charge is -2.57. The van der Waals surface area contributed by atoms with Gasteiger partial charge in [0.25, 0.3) is 15.9 Å². The van der Waals surface area contributed by atoms with Gasteiger partial charge >= 0.3 is 0 Å². The molecule has 7 rings (SSSR count). The molecule has 0 radical (unpaired) electrons. The molecule has 0 saturated heterocycles. The summed E-state index contributed by atoms with van der Waals surface area (Å²) in [5, 5.41) is 3.12. The van der Waals surface area contributed by atoms with Gasteiger partial charge in [-0.15, -0.1) is 0 Å². The zero-order valence-electron chi connectivity index (χ0n) is 21.6. The number of hydrogen-bond donors (Lipinski definition) is 1. The van der Waals surface area contributed by atoms with Crippen LogP contribution in [0.1, 0.15) is 61.4 Å². The maximum atomic E-state index is 13.5. The number of amides is 1. The van der Waals surface area contributed by atoms with Crippen LogP contribution in [0.5, 0.6) is 0 Å². The second kappa shape index (κ2) is 9.73. The third-order valence-corrected chi connectivity index (χ3v) is 11.1. The Kier molecular flexibility index (Phi) is 6.51. The Balaban J connectivity index is 1.22. The molecule has 1 amide bonds. The Hall–Kier alpha value is -2.83. The van der Waals surface area contributed by atoms with E-state index in [1.54, 1.807) is 31.2 Å². The van der Waals surface area contributed by atoms with Crippen molar-refractivity contribution in [2.75, 3.05) is 16.2 Å². The van der Waals surface area contributed by atoms with E-state index in [4.69, 9.17) is 11.6 Å². The molecule has 7 heteroatoms. The number of nitrogens with one attached hydrogen (secondary N) is 1. The van der Waals surface area contributed by atoms with E-state index in [2.05, 4.69) is 17.4 Å². The van der Waals surface area contributed by atoms with Gasteiger partial charge in [-0.1, -0.05) is 41.9 Å². The molecule has 5 nitrogen and oxygen atoms in total. The summed E-state index contributed by atoms with van der Waals surface area (Å²) in [6, 6.07) is 21.5. The van der Waals surface area contributed by atoms with Gasteiger partial charge in [0.05, 0.1) is 21.2 Å². The third kappa shape index (κ3) is 4.52. The number of rotatable bonds is 7. The Bertz CT molecular complexity index is 1420. The lowest BCUT2D eigenvalue weighted by molar-refractivity contribution is -0.00518. The predicted molar refractivity (Wildman–Crippen MR) is 152 cm³/mol. The van der Waals surface area contributed by atoms with Crippen LogP contribution in [0.25, 0.3) is 0 Å². The maximum Gasteiger partial charge on any atom is 0.264 e. The second-order valence-corrected chi connectivity index (χ2v) is 13.6. The Labute approximate surface area is 230 Å². The number of sulfonamides is 1. The van der Waals surface area contributed by atoms with Crippen molar-refractivity contribution in [3.63, 3.8) is 0 Å². The van der Waals surface area contributed by atoms with Crippen LogP contribution >= 0.6 is 11.6 Å². The Morgan fingerprint density at radius 1 is 0.921 bits per heavy atom.